The number of nitrogens with zero attached hydrogens (tertiary/aromatic N) is 2. The third kappa shape index (κ3) is 5.19. The van der Waals surface area contributed by atoms with Gasteiger partial charge in [0, 0.05) is 29.7 Å². The zero-order valence-corrected chi connectivity index (χ0v) is 16.3. The number of benzene rings is 1. The minimum Gasteiger partial charge on any atom is -0.350 e. The van der Waals surface area contributed by atoms with Gasteiger partial charge in [0.15, 0.2) is 0 Å². The van der Waals surface area contributed by atoms with Gasteiger partial charge in [-0.25, -0.2) is 4.98 Å². The molecule has 0 fully saturated rings. The molecule has 26 heavy (non-hydrogen) atoms. The fourth-order valence-corrected chi connectivity index (χ4v) is 2.98. The molecular weight excluding hydrogens is 373 g/mol. The Kier molecular flexibility index (Phi) is 7.42. The van der Waals surface area contributed by atoms with E-state index in [0.29, 0.717) is 36.1 Å². The first kappa shape index (κ1) is 20.2. The molecule has 1 aromatic heterocycles. The molecule has 0 aliphatic rings. The van der Waals surface area contributed by atoms with E-state index in [4.69, 9.17) is 23.2 Å². The van der Waals surface area contributed by atoms with Gasteiger partial charge >= 0.3 is 0 Å². The van der Waals surface area contributed by atoms with Crippen LogP contribution in [-0.2, 0) is 6.42 Å². The number of aromatic nitrogens is 1. The second kappa shape index (κ2) is 9.55. The highest BCUT2D eigenvalue weighted by Gasteiger charge is 2.16. The summed E-state index contributed by atoms with van der Waals surface area (Å²) in [5.41, 5.74) is 1.38. The van der Waals surface area contributed by atoms with Crippen molar-refractivity contribution < 1.29 is 9.59 Å². The molecule has 0 unspecified atom stereocenters. The Bertz CT molecular complexity index is 792. The molecule has 0 bridgehead atoms. The van der Waals surface area contributed by atoms with Crippen molar-refractivity contribution in [2.75, 3.05) is 19.6 Å². The molecule has 0 spiro atoms. The third-order valence-electron chi connectivity index (χ3n) is 3.95. The summed E-state index contributed by atoms with van der Waals surface area (Å²) < 4.78 is 0. The van der Waals surface area contributed by atoms with Crippen LogP contribution in [0, 0.1) is 0 Å². The van der Waals surface area contributed by atoms with Crippen LogP contribution in [0.15, 0.2) is 36.4 Å². The highest BCUT2D eigenvalue weighted by Crippen LogP contribution is 2.21. The first-order valence-electron chi connectivity index (χ1n) is 8.44. The third-order valence-corrected chi connectivity index (χ3v) is 4.53. The molecule has 0 saturated heterocycles. The number of amides is 2. The molecule has 5 nitrogen and oxygen atoms in total. The standard InChI is InChI=1S/C19H21Cl2N3O2/c1-3-24(4-2)19(26)17-7-5-6-16(23-17)18(25)22-11-10-13-8-9-14(20)12-15(13)21/h5-9,12H,3-4,10-11H2,1-2H3,(H,22,25). The predicted molar refractivity (Wildman–Crippen MR) is 104 cm³/mol. The molecule has 1 heterocycles. The van der Waals surface area contributed by atoms with Gasteiger partial charge in [-0.15, -0.1) is 0 Å². The number of rotatable bonds is 7. The van der Waals surface area contributed by atoms with Crippen molar-refractivity contribution in [3.63, 3.8) is 0 Å². The van der Waals surface area contributed by atoms with E-state index in [1.807, 2.05) is 19.9 Å². The molecule has 0 atom stereocenters. The minimum absolute atomic E-state index is 0.183. The van der Waals surface area contributed by atoms with Gasteiger partial charge in [0.05, 0.1) is 0 Å². The summed E-state index contributed by atoms with van der Waals surface area (Å²) in [6, 6.07) is 10.1. The Hall–Kier alpha value is -2.11. The van der Waals surface area contributed by atoms with Crippen LogP contribution in [0.3, 0.4) is 0 Å². The quantitative estimate of drug-likeness (QED) is 0.776. The van der Waals surface area contributed by atoms with Crippen LogP contribution in [0.4, 0.5) is 0 Å². The van der Waals surface area contributed by atoms with E-state index >= 15 is 0 Å². The van der Waals surface area contributed by atoms with Crippen LogP contribution >= 0.6 is 23.2 Å². The SMILES string of the molecule is CCN(CC)C(=O)c1cccc(C(=O)NCCc2ccc(Cl)cc2Cl)n1. The van der Waals surface area contributed by atoms with Crippen LogP contribution in [0.1, 0.15) is 40.4 Å². The normalized spacial score (nSPS) is 10.5. The molecule has 0 saturated carbocycles. The van der Waals surface area contributed by atoms with Gasteiger partial charge in [-0.2, -0.15) is 0 Å². The molecule has 0 aliphatic carbocycles. The monoisotopic (exact) mass is 393 g/mol. The van der Waals surface area contributed by atoms with E-state index in [2.05, 4.69) is 10.3 Å². The van der Waals surface area contributed by atoms with E-state index in [0.717, 1.165) is 5.56 Å². The molecule has 1 N–H and O–H groups in total. The van der Waals surface area contributed by atoms with Gasteiger partial charge in [-0.3, -0.25) is 9.59 Å². The summed E-state index contributed by atoms with van der Waals surface area (Å²) in [5, 5.41) is 3.93. The predicted octanol–water partition coefficient (Wildman–Crippen LogP) is 3.84. The Morgan fingerprint density at radius 3 is 2.42 bits per heavy atom. The van der Waals surface area contributed by atoms with Crippen molar-refractivity contribution in [2.45, 2.75) is 20.3 Å². The molecule has 0 aliphatic heterocycles. The summed E-state index contributed by atoms with van der Waals surface area (Å²) in [7, 11) is 0. The fourth-order valence-electron chi connectivity index (χ4n) is 2.48. The van der Waals surface area contributed by atoms with E-state index in [1.54, 1.807) is 35.2 Å². The number of hydrogen-bond acceptors (Lipinski definition) is 3. The van der Waals surface area contributed by atoms with Crippen LogP contribution in [0.5, 0.6) is 0 Å². The smallest absolute Gasteiger partial charge is 0.272 e. The fraction of sp³-hybridized carbons (Fsp3) is 0.316. The number of hydrogen-bond donors (Lipinski definition) is 1. The summed E-state index contributed by atoms with van der Waals surface area (Å²) in [6.07, 6.45) is 0.569. The summed E-state index contributed by atoms with van der Waals surface area (Å²) in [5.74, 6) is -0.512. The van der Waals surface area contributed by atoms with Gasteiger partial charge in [0.2, 0.25) is 0 Å². The molecule has 138 valence electrons. The number of carbonyl (C=O) groups is 2. The van der Waals surface area contributed by atoms with Gasteiger partial charge in [0.25, 0.3) is 11.8 Å². The Morgan fingerprint density at radius 2 is 1.77 bits per heavy atom. The molecule has 7 heteroatoms. The molecule has 0 radical (unpaired) electrons. The minimum atomic E-state index is -0.329. The van der Waals surface area contributed by atoms with E-state index in [1.165, 1.54) is 0 Å². The Balaban J connectivity index is 1.99. The Morgan fingerprint density at radius 1 is 1.08 bits per heavy atom. The molecular formula is C19H21Cl2N3O2. The summed E-state index contributed by atoms with van der Waals surface area (Å²) >= 11 is 12.0. The van der Waals surface area contributed by atoms with Crippen molar-refractivity contribution in [1.82, 2.24) is 15.2 Å². The molecule has 2 rings (SSSR count). The van der Waals surface area contributed by atoms with E-state index in [-0.39, 0.29) is 23.2 Å². The van der Waals surface area contributed by atoms with Crippen molar-refractivity contribution in [2.24, 2.45) is 0 Å². The van der Waals surface area contributed by atoms with Crippen LogP contribution in [-0.4, -0.2) is 41.3 Å². The van der Waals surface area contributed by atoms with Crippen molar-refractivity contribution >= 4 is 35.0 Å². The lowest BCUT2D eigenvalue weighted by Crippen LogP contribution is -2.32. The molecule has 2 aromatic rings. The summed E-state index contributed by atoms with van der Waals surface area (Å²) in [6.45, 7) is 5.39. The van der Waals surface area contributed by atoms with Crippen LogP contribution < -0.4 is 5.32 Å². The van der Waals surface area contributed by atoms with Crippen LogP contribution in [0.2, 0.25) is 10.0 Å². The van der Waals surface area contributed by atoms with E-state index in [9.17, 15) is 9.59 Å². The van der Waals surface area contributed by atoms with Gasteiger partial charge < -0.3 is 10.2 Å². The van der Waals surface area contributed by atoms with Crippen molar-refractivity contribution in [1.29, 1.82) is 0 Å². The highest BCUT2D eigenvalue weighted by molar-refractivity contribution is 6.35. The average Bonchev–Trinajstić information content (AvgIpc) is 2.64. The lowest BCUT2D eigenvalue weighted by molar-refractivity contribution is 0.0767. The number of halogens is 2. The lowest BCUT2D eigenvalue weighted by Gasteiger charge is -2.18. The van der Waals surface area contributed by atoms with Crippen LogP contribution in [0.25, 0.3) is 0 Å². The largest absolute Gasteiger partial charge is 0.350 e. The molecule has 2 amide bonds. The summed E-state index contributed by atoms with van der Waals surface area (Å²) in [4.78, 5) is 30.5. The first-order valence-corrected chi connectivity index (χ1v) is 9.20. The zero-order valence-electron chi connectivity index (χ0n) is 14.8. The number of carbonyl (C=O) groups excluding carboxylic acids is 2. The van der Waals surface area contributed by atoms with Gasteiger partial charge in [0.1, 0.15) is 11.4 Å². The number of nitrogens with one attached hydrogen (secondary N) is 1. The highest BCUT2D eigenvalue weighted by atomic mass is 35.5. The zero-order chi connectivity index (χ0) is 19.1. The maximum atomic E-state index is 12.4. The van der Waals surface area contributed by atoms with Crippen molar-refractivity contribution in [3.05, 3.63) is 63.4 Å². The second-order valence-electron chi connectivity index (χ2n) is 5.63. The second-order valence-corrected chi connectivity index (χ2v) is 6.47. The topological polar surface area (TPSA) is 62.3 Å². The molecule has 1 aromatic carbocycles. The number of pyridine rings is 1. The van der Waals surface area contributed by atoms with E-state index < -0.39 is 0 Å². The average molecular weight is 394 g/mol. The maximum absolute atomic E-state index is 12.4. The van der Waals surface area contributed by atoms with Crippen molar-refractivity contribution in [3.8, 4) is 0 Å². The lowest BCUT2D eigenvalue weighted by atomic mass is 10.1. The van der Waals surface area contributed by atoms with Gasteiger partial charge in [-0.05, 0) is 50.1 Å². The van der Waals surface area contributed by atoms with Gasteiger partial charge in [-0.1, -0.05) is 35.3 Å². The first-order chi connectivity index (χ1) is 12.5. The maximum Gasteiger partial charge on any atom is 0.272 e. The Labute approximate surface area is 163 Å².